The maximum atomic E-state index is 10.3. The van der Waals surface area contributed by atoms with Crippen LogP contribution in [0.4, 0.5) is 0 Å². The summed E-state index contributed by atoms with van der Waals surface area (Å²) in [5, 5.41) is 8.47. The number of methoxy groups -OCH3 is 1. The molecule has 0 amide bonds. The first kappa shape index (κ1) is 12.5. The third-order valence-corrected chi connectivity index (χ3v) is 2.21. The summed E-state index contributed by atoms with van der Waals surface area (Å²) in [6.45, 7) is 0.765. The number of hydrogen-bond donors (Lipinski definition) is 1. The Balaban J connectivity index is 2.51. The van der Waals surface area contributed by atoms with Crippen LogP contribution in [0, 0.1) is 0 Å². The Labute approximate surface area is 95.4 Å². The van der Waals surface area contributed by atoms with Gasteiger partial charge in [0.2, 0.25) is 0 Å². The summed E-state index contributed by atoms with van der Waals surface area (Å²) in [5.41, 5.74) is 2.14. The number of benzene rings is 1. The normalized spacial score (nSPS) is 10.8. The van der Waals surface area contributed by atoms with Gasteiger partial charge in [0.1, 0.15) is 0 Å². The van der Waals surface area contributed by atoms with E-state index in [0.717, 1.165) is 31.1 Å². The molecular weight excluding hydrogens is 204 g/mol. The van der Waals surface area contributed by atoms with Crippen LogP contribution >= 0.6 is 0 Å². The molecule has 1 N–H and O–H groups in total. The number of carboxylic acids is 1. The fourth-order valence-corrected chi connectivity index (χ4v) is 1.38. The molecule has 0 fully saturated rings. The standard InChI is InChI=1S/C13H16O3/c1-16-10-2-3-11-4-6-12(7-5-11)8-9-13(14)15/h4-9H,2-3,10H2,1H3,(H,14,15). The van der Waals surface area contributed by atoms with E-state index in [9.17, 15) is 4.79 Å². The zero-order valence-electron chi connectivity index (χ0n) is 9.35. The molecule has 0 aliphatic rings. The maximum Gasteiger partial charge on any atom is 0.328 e. The first-order chi connectivity index (χ1) is 7.72. The molecule has 0 radical (unpaired) electrons. The van der Waals surface area contributed by atoms with Crippen LogP contribution in [-0.2, 0) is 16.0 Å². The van der Waals surface area contributed by atoms with Gasteiger partial charge in [-0.25, -0.2) is 4.79 Å². The van der Waals surface area contributed by atoms with Crippen molar-refractivity contribution in [3.05, 3.63) is 41.5 Å². The molecule has 1 aromatic rings. The number of rotatable bonds is 6. The van der Waals surface area contributed by atoms with Crippen LogP contribution in [0.1, 0.15) is 17.5 Å². The van der Waals surface area contributed by atoms with E-state index < -0.39 is 5.97 Å². The molecule has 1 aromatic carbocycles. The van der Waals surface area contributed by atoms with E-state index in [0.29, 0.717) is 0 Å². The molecule has 0 atom stereocenters. The smallest absolute Gasteiger partial charge is 0.328 e. The van der Waals surface area contributed by atoms with Crippen molar-refractivity contribution in [3.63, 3.8) is 0 Å². The largest absolute Gasteiger partial charge is 0.478 e. The lowest BCUT2D eigenvalue weighted by atomic mass is 10.1. The minimum absolute atomic E-state index is 0.765. The summed E-state index contributed by atoms with van der Waals surface area (Å²) >= 11 is 0. The summed E-state index contributed by atoms with van der Waals surface area (Å²) in [5.74, 6) is -0.927. The zero-order valence-corrected chi connectivity index (χ0v) is 9.35. The van der Waals surface area contributed by atoms with Gasteiger partial charge in [0.15, 0.2) is 0 Å². The summed E-state index contributed by atoms with van der Waals surface area (Å²) in [7, 11) is 1.69. The second kappa shape index (κ2) is 6.80. The van der Waals surface area contributed by atoms with Gasteiger partial charge < -0.3 is 9.84 Å². The van der Waals surface area contributed by atoms with Crippen molar-refractivity contribution in [2.24, 2.45) is 0 Å². The van der Waals surface area contributed by atoms with Gasteiger partial charge in [0.25, 0.3) is 0 Å². The van der Waals surface area contributed by atoms with Crippen molar-refractivity contribution in [2.45, 2.75) is 12.8 Å². The summed E-state index contributed by atoms with van der Waals surface area (Å²) in [6, 6.07) is 7.86. The van der Waals surface area contributed by atoms with Crippen LogP contribution in [0.5, 0.6) is 0 Å². The van der Waals surface area contributed by atoms with Crippen molar-refractivity contribution < 1.29 is 14.6 Å². The van der Waals surface area contributed by atoms with Crippen LogP contribution in [0.15, 0.2) is 30.3 Å². The maximum absolute atomic E-state index is 10.3. The molecular formula is C13H16O3. The Morgan fingerprint density at radius 2 is 2.06 bits per heavy atom. The fourth-order valence-electron chi connectivity index (χ4n) is 1.38. The molecule has 0 unspecified atom stereocenters. The Kier molecular flexibility index (Phi) is 5.29. The number of aliphatic carboxylic acids is 1. The highest BCUT2D eigenvalue weighted by Crippen LogP contribution is 2.08. The molecule has 0 heterocycles. The van der Waals surface area contributed by atoms with Crippen molar-refractivity contribution in [1.29, 1.82) is 0 Å². The Morgan fingerprint density at radius 1 is 1.38 bits per heavy atom. The van der Waals surface area contributed by atoms with Gasteiger partial charge in [0.05, 0.1) is 0 Å². The molecule has 0 saturated carbocycles. The molecule has 3 heteroatoms. The average Bonchev–Trinajstić information content (AvgIpc) is 2.28. The molecule has 0 bridgehead atoms. The molecule has 86 valence electrons. The van der Waals surface area contributed by atoms with Gasteiger partial charge in [-0.15, -0.1) is 0 Å². The first-order valence-corrected chi connectivity index (χ1v) is 5.21. The lowest BCUT2D eigenvalue weighted by Crippen LogP contribution is -1.92. The van der Waals surface area contributed by atoms with E-state index >= 15 is 0 Å². The van der Waals surface area contributed by atoms with Crippen LogP contribution in [-0.4, -0.2) is 24.8 Å². The molecule has 0 aliphatic carbocycles. The number of carbonyl (C=O) groups is 1. The third-order valence-electron chi connectivity index (χ3n) is 2.21. The highest BCUT2D eigenvalue weighted by Gasteiger charge is 1.94. The van der Waals surface area contributed by atoms with Crippen LogP contribution in [0.2, 0.25) is 0 Å². The molecule has 0 spiro atoms. The highest BCUT2D eigenvalue weighted by molar-refractivity contribution is 5.85. The number of hydrogen-bond acceptors (Lipinski definition) is 2. The predicted octanol–water partition coefficient (Wildman–Crippen LogP) is 2.36. The number of ether oxygens (including phenoxy) is 1. The first-order valence-electron chi connectivity index (χ1n) is 5.21. The monoisotopic (exact) mass is 220 g/mol. The van der Waals surface area contributed by atoms with Gasteiger partial charge in [-0.3, -0.25) is 0 Å². The average molecular weight is 220 g/mol. The van der Waals surface area contributed by atoms with Crippen molar-refractivity contribution >= 4 is 12.0 Å². The van der Waals surface area contributed by atoms with E-state index in [1.165, 1.54) is 5.56 Å². The highest BCUT2D eigenvalue weighted by atomic mass is 16.5. The molecule has 1 rings (SSSR count). The van der Waals surface area contributed by atoms with Crippen LogP contribution in [0.3, 0.4) is 0 Å². The minimum Gasteiger partial charge on any atom is -0.478 e. The topological polar surface area (TPSA) is 46.5 Å². The number of carboxylic acid groups (broad SMARTS) is 1. The van der Waals surface area contributed by atoms with E-state index in [1.54, 1.807) is 13.2 Å². The third kappa shape index (κ3) is 4.75. The van der Waals surface area contributed by atoms with Gasteiger partial charge in [-0.2, -0.15) is 0 Å². The summed E-state index contributed by atoms with van der Waals surface area (Å²) in [6.07, 6.45) is 4.71. The summed E-state index contributed by atoms with van der Waals surface area (Å²) < 4.78 is 4.98. The van der Waals surface area contributed by atoms with E-state index in [-0.39, 0.29) is 0 Å². The Morgan fingerprint density at radius 3 is 2.62 bits per heavy atom. The van der Waals surface area contributed by atoms with Gasteiger partial charge in [-0.1, -0.05) is 24.3 Å². The molecule has 3 nitrogen and oxygen atoms in total. The van der Waals surface area contributed by atoms with Crippen molar-refractivity contribution in [3.8, 4) is 0 Å². The van der Waals surface area contributed by atoms with Crippen LogP contribution in [0.25, 0.3) is 6.08 Å². The van der Waals surface area contributed by atoms with Gasteiger partial charge in [0, 0.05) is 19.8 Å². The molecule has 0 aromatic heterocycles. The lowest BCUT2D eigenvalue weighted by Gasteiger charge is -2.01. The second-order valence-corrected chi connectivity index (χ2v) is 3.51. The predicted molar refractivity (Wildman–Crippen MR) is 63.3 cm³/mol. The quantitative estimate of drug-likeness (QED) is 0.591. The van der Waals surface area contributed by atoms with E-state index in [2.05, 4.69) is 0 Å². The lowest BCUT2D eigenvalue weighted by molar-refractivity contribution is -0.131. The van der Waals surface area contributed by atoms with Crippen LogP contribution < -0.4 is 0 Å². The second-order valence-electron chi connectivity index (χ2n) is 3.51. The van der Waals surface area contributed by atoms with Gasteiger partial charge in [-0.05, 0) is 30.0 Å². The van der Waals surface area contributed by atoms with E-state index in [4.69, 9.17) is 9.84 Å². The SMILES string of the molecule is COCCCc1ccc(C=CC(=O)O)cc1. The molecule has 0 aliphatic heterocycles. The molecule has 0 saturated heterocycles. The molecule has 16 heavy (non-hydrogen) atoms. The minimum atomic E-state index is -0.927. The zero-order chi connectivity index (χ0) is 11.8. The number of aryl methyl sites for hydroxylation is 1. The Hall–Kier alpha value is -1.61. The summed E-state index contributed by atoms with van der Waals surface area (Å²) in [4.78, 5) is 10.3. The Bertz CT molecular complexity index is 352. The fraction of sp³-hybridized carbons (Fsp3) is 0.308. The van der Waals surface area contributed by atoms with Crippen molar-refractivity contribution in [1.82, 2.24) is 0 Å². The van der Waals surface area contributed by atoms with Gasteiger partial charge >= 0.3 is 5.97 Å². The van der Waals surface area contributed by atoms with Crippen molar-refractivity contribution in [2.75, 3.05) is 13.7 Å². The van der Waals surface area contributed by atoms with E-state index in [1.807, 2.05) is 24.3 Å².